The Morgan fingerprint density at radius 3 is 2.38 bits per heavy atom. The van der Waals surface area contributed by atoms with E-state index in [2.05, 4.69) is 33.9 Å². The zero-order valence-corrected chi connectivity index (χ0v) is 22.2. The summed E-state index contributed by atoms with van der Waals surface area (Å²) in [5.41, 5.74) is 2.22. The first-order chi connectivity index (χ1) is 17.8. The van der Waals surface area contributed by atoms with Gasteiger partial charge in [0.1, 0.15) is 5.75 Å². The van der Waals surface area contributed by atoms with Crippen LogP contribution in [0.3, 0.4) is 0 Å². The molecule has 194 valence electrons. The number of carbonyl (C=O) groups excluding carboxylic acids is 1. The Bertz CT molecular complexity index is 1340. The van der Waals surface area contributed by atoms with Crippen molar-refractivity contribution in [2.24, 2.45) is 0 Å². The van der Waals surface area contributed by atoms with Gasteiger partial charge in [-0.25, -0.2) is 8.42 Å². The molecule has 4 rings (SSSR count). The number of carbonyl (C=O) groups is 1. The minimum Gasteiger partial charge on any atom is -0.483 e. The molecule has 1 saturated heterocycles. The molecule has 1 fully saturated rings. The zero-order chi connectivity index (χ0) is 26.3. The molecule has 1 aliphatic rings. The molecule has 9 heteroatoms. The fraction of sp³-hybridized carbons (Fsp3) is 0.250. The average molecular weight is 540 g/mol. The van der Waals surface area contributed by atoms with Gasteiger partial charge in [-0.15, -0.1) is 0 Å². The van der Waals surface area contributed by atoms with Gasteiger partial charge in [-0.2, -0.15) is 0 Å². The van der Waals surface area contributed by atoms with Crippen LogP contribution in [0.1, 0.15) is 11.1 Å². The second-order valence-electron chi connectivity index (χ2n) is 8.82. The third kappa shape index (κ3) is 7.58. The van der Waals surface area contributed by atoms with Crippen molar-refractivity contribution in [2.45, 2.75) is 11.8 Å². The first kappa shape index (κ1) is 26.7. The summed E-state index contributed by atoms with van der Waals surface area (Å²) in [5.74, 6) is 0.392. The van der Waals surface area contributed by atoms with Crippen molar-refractivity contribution >= 4 is 39.3 Å². The van der Waals surface area contributed by atoms with Crippen molar-refractivity contribution in [3.05, 3.63) is 95.0 Å². The van der Waals surface area contributed by atoms with Gasteiger partial charge in [0.25, 0.3) is 15.9 Å². The molecular formula is C28H30ClN3O4S. The largest absolute Gasteiger partial charge is 0.483 e. The summed E-state index contributed by atoms with van der Waals surface area (Å²) in [6.45, 7) is 5.40. The number of amides is 1. The maximum atomic E-state index is 12.7. The SMILES string of the molecule is Cc1cc(S(=O)(=O)Nc2ccc(Cl)cc2)ccc1OCC(=O)N1CCN(C/C=C/c2ccccc2)CC1. The molecule has 7 nitrogen and oxygen atoms in total. The van der Waals surface area contributed by atoms with Crippen LogP contribution in [-0.4, -0.2) is 63.5 Å². The Labute approximate surface area is 223 Å². The molecule has 1 amide bonds. The standard InChI is InChI=1S/C28H30ClN3O4S/c1-22-20-26(37(34,35)30-25-11-9-24(29)10-12-25)13-14-27(22)36-21-28(33)32-18-16-31(17-19-32)15-5-8-23-6-3-2-4-7-23/h2-14,20,30H,15-19,21H2,1H3/b8-5+. The van der Waals surface area contributed by atoms with Gasteiger partial charge in [0, 0.05) is 43.4 Å². The van der Waals surface area contributed by atoms with Crippen LogP contribution in [0.4, 0.5) is 5.69 Å². The van der Waals surface area contributed by atoms with Gasteiger partial charge in [-0.05, 0) is 60.5 Å². The lowest BCUT2D eigenvalue weighted by molar-refractivity contribution is -0.135. The molecule has 0 spiro atoms. The number of sulfonamides is 1. The molecule has 0 unspecified atom stereocenters. The number of anilines is 1. The Kier molecular flexibility index (Phi) is 8.87. The molecule has 3 aromatic carbocycles. The van der Waals surface area contributed by atoms with E-state index < -0.39 is 10.0 Å². The number of hydrogen-bond donors (Lipinski definition) is 1. The zero-order valence-electron chi connectivity index (χ0n) is 20.6. The number of rotatable bonds is 9. The van der Waals surface area contributed by atoms with Gasteiger partial charge < -0.3 is 9.64 Å². The molecule has 1 heterocycles. The number of nitrogens with one attached hydrogen (secondary N) is 1. The monoisotopic (exact) mass is 539 g/mol. The number of ether oxygens (including phenoxy) is 1. The Hall–Kier alpha value is -3.33. The van der Waals surface area contributed by atoms with E-state index in [1.165, 1.54) is 17.7 Å². The molecule has 1 N–H and O–H groups in total. The normalized spacial score (nSPS) is 14.6. The number of halogens is 1. The van der Waals surface area contributed by atoms with E-state index in [-0.39, 0.29) is 17.4 Å². The van der Waals surface area contributed by atoms with Gasteiger partial charge in [0.15, 0.2) is 6.61 Å². The highest BCUT2D eigenvalue weighted by atomic mass is 35.5. The maximum Gasteiger partial charge on any atom is 0.261 e. The van der Waals surface area contributed by atoms with E-state index in [1.54, 1.807) is 37.3 Å². The summed E-state index contributed by atoms with van der Waals surface area (Å²) in [4.78, 5) is 16.9. The number of piperazine rings is 1. The van der Waals surface area contributed by atoms with E-state index >= 15 is 0 Å². The lowest BCUT2D eigenvalue weighted by Gasteiger charge is -2.34. The summed E-state index contributed by atoms with van der Waals surface area (Å²) < 4.78 is 33.7. The highest BCUT2D eigenvalue weighted by Gasteiger charge is 2.21. The highest BCUT2D eigenvalue weighted by Crippen LogP contribution is 2.24. The lowest BCUT2D eigenvalue weighted by atomic mass is 10.2. The van der Waals surface area contributed by atoms with Crippen LogP contribution >= 0.6 is 11.6 Å². The second-order valence-corrected chi connectivity index (χ2v) is 10.9. The Balaban J connectivity index is 1.25. The van der Waals surface area contributed by atoms with Crippen molar-refractivity contribution in [1.82, 2.24) is 9.80 Å². The third-order valence-corrected chi connectivity index (χ3v) is 7.73. The van der Waals surface area contributed by atoms with Gasteiger partial charge >= 0.3 is 0 Å². The van der Waals surface area contributed by atoms with Crippen LogP contribution in [0.25, 0.3) is 6.08 Å². The minimum atomic E-state index is -3.78. The summed E-state index contributed by atoms with van der Waals surface area (Å²) in [6, 6.07) is 21.2. The molecule has 0 saturated carbocycles. The van der Waals surface area contributed by atoms with Crippen molar-refractivity contribution < 1.29 is 17.9 Å². The van der Waals surface area contributed by atoms with E-state index in [9.17, 15) is 13.2 Å². The predicted molar refractivity (Wildman–Crippen MR) is 147 cm³/mol. The van der Waals surface area contributed by atoms with Crippen molar-refractivity contribution in [1.29, 1.82) is 0 Å². The summed E-state index contributed by atoms with van der Waals surface area (Å²) >= 11 is 5.86. The molecule has 37 heavy (non-hydrogen) atoms. The summed E-state index contributed by atoms with van der Waals surface area (Å²) in [6.07, 6.45) is 4.26. The fourth-order valence-electron chi connectivity index (χ4n) is 4.00. The molecule has 0 bridgehead atoms. The molecular weight excluding hydrogens is 510 g/mol. The first-order valence-corrected chi connectivity index (χ1v) is 13.9. The number of aryl methyl sites for hydroxylation is 1. The van der Waals surface area contributed by atoms with Gasteiger partial charge in [-0.1, -0.05) is 54.1 Å². The van der Waals surface area contributed by atoms with Gasteiger partial charge in [0.05, 0.1) is 4.90 Å². The van der Waals surface area contributed by atoms with Crippen LogP contribution in [-0.2, 0) is 14.8 Å². The van der Waals surface area contributed by atoms with E-state index in [0.717, 1.165) is 19.6 Å². The molecule has 1 aliphatic heterocycles. The molecule has 0 atom stereocenters. The maximum absolute atomic E-state index is 12.7. The molecule has 0 aliphatic carbocycles. The van der Waals surface area contributed by atoms with Crippen molar-refractivity contribution in [2.75, 3.05) is 44.1 Å². The summed E-state index contributed by atoms with van der Waals surface area (Å²) in [5, 5.41) is 0.521. The van der Waals surface area contributed by atoms with Gasteiger partial charge in [-0.3, -0.25) is 14.4 Å². The number of hydrogen-bond acceptors (Lipinski definition) is 5. The molecule has 0 radical (unpaired) electrons. The van der Waals surface area contributed by atoms with Crippen LogP contribution in [0.2, 0.25) is 5.02 Å². The van der Waals surface area contributed by atoms with E-state index in [1.807, 2.05) is 23.1 Å². The van der Waals surface area contributed by atoms with Crippen molar-refractivity contribution in [3.63, 3.8) is 0 Å². The molecule has 3 aromatic rings. The highest BCUT2D eigenvalue weighted by molar-refractivity contribution is 7.92. The second kappa shape index (κ2) is 12.3. The predicted octanol–water partition coefficient (Wildman–Crippen LogP) is 4.69. The van der Waals surface area contributed by atoms with Crippen LogP contribution < -0.4 is 9.46 Å². The Morgan fingerprint density at radius 2 is 1.70 bits per heavy atom. The minimum absolute atomic E-state index is 0.0834. The van der Waals surface area contributed by atoms with Crippen LogP contribution in [0.15, 0.2) is 83.8 Å². The average Bonchev–Trinajstić information content (AvgIpc) is 2.90. The topological polar surface area (TPSA) is 78.9 Å². The van der Waals surface area contributed by atoms with Crippen LogP contribution in [0.5, 0.6) is 5.75 Å². The van der Waals surface area contributed by atoms with E-state index in [4.69, 9.17) is 16.3 Å². The quantitative estimate of drug-likeness (QED) is 0.427. The summed E-state index contributed by atoms with van der Waals surface area (Å²) in [7, 11) is -3.78. The lowest BCUT2D eigenvalue weighted by Crippen LogP contribution is -2.49. The van der Waals surface area contributed by atoms with Gasteiger partial charge in [0.2, 0.25) is 0 Å². The smallest absolute Gasteiger partial charge is 0.261 e. The fourth-order valence-corrected chi connectivity index (χ4v) is 5.26. The number of benzene rings is 3. The Morgan fingerprint density at radius 1 is 1.00 bits per heavy atom. The van der Waals surface area contributed by atoms with Crippen LogP contribution in [0, 0.1) is 6.92 Å². The van der Waals surface area contributed by atoms with E-state index in [0.29, 0.717) is 35.1 Å². The third-order valence-electron chi connectivity index (χ3n) is 6.10. The number of nitrogens with zero attached hydrogens (tertiary/aromatic N) is 2. The first-order valence-electron chi connectivity index (χ1n) is 12.0. The van der Waals surface area contributed by atoms with Crippen molar-refractivity contribution in [3.8, 4) is 5.75 Å². The molecule has 0 aromatic heterocycles.